The van der Waals surface area contributed by atoms with Crippen LogP contribution in [0.3, 0.4) is 0 Å². The third-order valence-electron chi connectivity index (χ3n) is 5.54. The summed E-state index contributed by atoms with van der Waals surface area (Å²) in [5.74, 6) is 1.92. The van der Waals surface area contributed by atoms with E-state index in [1.54, 1.807) is 0 Å². The predicted molar refractivity (Wildman–Crippen MR) is 89.6 cm³/mol. The van der Waals surface area contributed by atoms with Gasteiger partial charge in [0.25, 0.3) is 0 Å². The fraction of sp³-hybridized carbons (Fsp3) is 0.944. The maximum absolute atomic E-state index is 12.3. The van der Waals surface area contributed by atoms with Crippen LogP contribution in [0.25, 0.3) is 0 Å². The van der Waals surface area contributed by atoms with Crippen LogP contribution in [0.4, 0.5) is 0 Å². The van der Waals surface area contributed by atoms with Crippen molar-refractivity contribution in [1.29, 1.82) is 0 Å². The average molecular weight is 314 g/mol. The molecule has 0 spiro atoms. The number of carbonyl (C=O) groups is 1. The van der Waals surface area contributed by atoms with Crippen LogP contribution in [0.15, 0.2) is 0 Å². The molecule has 3 heteroatoms. The van der Waals surface area contributed by atoms with Crippen molar-refractivity contribution in [3.63, 3.8) is 0 Å². The van der Waals surface area contributed by atoms with Crippen molar-refractivity contribution in [2.24, 2.45) is 17.8 Å². The summed E-state index contributed by atoms with van der Waals surface area (Å²) in [6.07, 6.45) is 13.5. The highest BCUT2D eigenvalue weighted by Gasteiger charge is 2.28. The Kier molecular flexibility index (Phi) is 7.36. The lowest BCUT2D eigenvalue weighted by atomic mass is 9.79. The van der Waals surface area contributed by atoms with Gasteiger partial charge < -0.3 is 5.32 Å². The van der Waals surface area contributed by atoms with Gasteiger partial charge in [-0.25, -0.2) is 0 Å². The minimum Gasteiger partial charge on any atom is -0.356 e. The van der Waals surface area contributed by atoms with E-state index in [0.717, 1.165) is 31.7 Å². The molecule has 0 aromatic rings. The second-order valence-corrected chi connectivity index (χ2v) is 7.73. The molecule has 21 heavy (non-hydrogen) atoms. The second-order valence-electron chi connectivity index (χ2n) is 7.17. The third-order valence-corrected chi connectivity index (χ3v) is 6.11. The van der Waals surface area contributed by atoms with E-state index in [0.29, 0.717) is 11.8 Å². The van der Waals surface area contributed by atoms with Crippen molar-refractivity contribution in [2.75, 3.05) is 6.54 Å². The molecule has 2 unspecified atom stereocenters. The monoisotopic (exact) mass is 313 g/mol. The Hall–Kier alpha value is -0.240. The maximum atomic E-state index is 12.3. The fourth-order valence-corrected chi connectivity index (χ4v) is 4.34. The van der Waals surface area contributed by atoms with E-state index >= 15 is 0 Å². The molecule has 0 aromatic heterocycles. The van der Waals surface area contributed by atoms with Gasteiger partial charge in [-0.1, -0.05) is 39.0 Å². The Labute approximate surface area is 135 Å². The van der Waals surface area contributed by atoms with Crippen LogP contribution >= 0.6 is 11.6 Å². The number of nitrogens with one attached hydrogen (secondary N) is 1. The van der Waals surface area contributed by atoms with Crippen molar-refractivity contribution >= 4 is 17.5 Å². The van der Waals surface area contributed by atoms with Crippen LogP contribution in [0, 0.1) is 17.8 Å². The summed E-state index contributed by atoms with van der Waals surface area (Å²) in [4.78, 5) is 12.3. The average Bonchev–Trinajstić information content (AvgIpc) is 2.52. The zero-order chi connectivity index (χ0) is 15.1. The van der Waals surface area contributed by atoms with Crippen molar-refractivity contribution < 1.29 is 4.79 Å². The molecule has 2 rings (SSSR count). The maximum Gasteiger partial charge on any atom is 0.223 e. The van der Waals surface area contributed by atoms with Crippen LogP contribution < -0.4 is 5.32 Å². The molecule has 2 fully saturated rings. The summed E-state index contributed by atoms with van der Waals surface area (Å²) >= 11 is 6.37. The zero-order valence-electron chi connectivity index (χ0n) is 13.6. The van der Waals surface area contributed by atoms with E-state index in [-0.39, 0.29) is 11.3 Å². The highest BCUT2D eigenvalue weighted by Crippen LogP contribution is 2.32. The van der Waals surface area contributed by atoms with E-state index in [9.17, 15) is 4.79 Å². The fourth-order valence-electron chi connectivity index (χ4n) is 3.97. The molecule has 0 aliphatic heterocycles. The highest BCUT2D eigenvalue weighted by atomic mass is 35.5. The number of unbranched alkanes of at least 4 members (excludes halogenated alkanes) is 1. The quantitative estimate of drug-likeness (QED) is 0.694. The van der Waals surface area contributed by atoms with Gasteiger partial charge in [-0.05, 0) is 50.4 Å². The van der Waals surface area contributed by atoms with Gasteiger partial charge in [0.1, 0.15) is 0 Å². The first-order valence-corrected chi connectivity index (χ1v) is 9.56. The zero-order valence-corrected chi connectivity index (χ0v) is 14.3. The summed E-state index contributed by atoms with van der Waals surface area (Å²) < 4.78 is 0. The smallest absolute Gasteiger partial charge is 0.223 e. The van der Waals surface area contributed by atoms with E-state index in [1.807, 2.05) is 0 Å². The van der Waals surface area contributed by atoms with Gasteiger partial charge in [0.2, 0.25) is 5.91 Å². The second kappa shape index (κ2) is 9.02. The molecule has 1 N–H and O–H groups in total. The van der Waals surface area contributed by atoms with Crippen LogP contribution in [-0.4, -0.2) is 17.8 Å². The van der Waals surface area contributed by atoms with E-state index in [2.05, 4.69) is 12.2 Å². The first-order valence-electron chi connectivity index (χ1n) is 9.12. The van der Waals surface area contributed by atoms with Crippen LogP contribution in [0.2, 0.25) is 0 Å². The first kappa shape index (κ1) is 17.1. The topological polar surface area (TPSA) is 29.1 Å². The van der Waals surface area contributed by atoms with Crippen LogP contribution in [-0.2, 0) is 4.79 Å². The van der Waals surface area contributed by atoms with Crippen molar-refractivity contribution in [2.45, 2.75) is 82.9 Å². The minimum atomic E-state index is 0.264. The molecule has 2 saturated carbocycles. The minimum absolute atomic E-state index is 0.264. The summed E-state index contributed by atoms with van der Waals surface area (Å²) in [5.41, 5.74) is 0. The Morgan fingerprint density at radius 1 is 1.10 bits per heavy atom. The summed E-state index contributed by atoms with van der Waals surface area (Å²) in [6, 6.07) is 0. The summed E-state index contributed by atoms with van der Waals surface area (Å²) in [5, 5.41) is 3.45. The number of hydrogen-bond donors (Lipinski definition) is 1. The molecule has 0 saturated heterocycles. The number of alkyl halides is 1. The van der Waals surface area contributed by atoms with Crippen molar-refractivity contribution in [3.05, 3.63) is 0 Å². The third kappa shape index (κ3) is 5.47. The van der Waals surface area contributed by atoms with Crippen molar-refractivity contribution in [3.8, 4) is 0 Å². The van der Waals surface area contributed by atoms with Gasteiger partial charge in [-0.15, -0.1) is 11.6 Å². The van der Waals surface area contributed by atoms with Gasteiger partial charge in [0, 0.05) is 17.8 Å². The lowest BCUT2D eigenvalue weighted by Gasteiger charge is -2.30. The van der Waals surface area contributed by atoms with E-state index < -0.39 is 0 Å². The van der Waals surface area contributed by atoms with E-state index in [4.69, 9.17) is 11.6 Å². The van der Waals surface area contributed by atoms with Gasteiger partial charge in [-0.2, -0.15) is 0 Å². The molecular formula is C18H32ClNO. The van der Waals surface area contributed by atoms with Gasteiger partial charge >= 0.3 is 0 Å². The SMILES string of the molecule is CCCCC1CCC(C(=O)NCC2CCCCC2Cl)CC1. The number of halogens is 1. The lowest BCUT2D eigenvalue weighted by molar-refractivity contribution is -0.126. The molecule has 122 valence electrons. The number of rotatable bonds is 6. The lowest BCUT2D eigenvalue weighted by Crippen LogP contribution is -2.39. The Morgan fingerprint density at radius 3 is 2.48 bits per heavy atom. The van der Waals surface area contributed by atoms with Crippen LogP contribution in [0.5, 0.6) is 0 Å². The van der Waals surface area contributed by atoms with Crippen LogP contribution in [0.1, 0.15) is 77.6 Å². The molecule has 2 aliphatic rings. The molecule has 2 atom stereocenters. The molecule has 2 aliphatic carbocycles. The van der Waals surface area contributed by atoms with Gasteiger partial charge in [0.05, 0.1) is 0 Å². The Morgan fingerprint density at radius 2 is 1.81 bits per heavy atom. The highest BCUT2D eigenvalue weighted by molar-refractivity contribution is 6.20. The molecular weight excluding hydrogens is 282 g/mol. The standard InChI is InChI=1S/C18H32ClNO/c1-2-3-6-14-9-11-15(12-10-14)18(21)20-13-16-7-4-5-8-17(16)19/h14-17H,2-13H2,1H3,(H,20,21). The van der Waals surface area contributed by atoms with Crippen molar-refractivity contribution in [1.82, 2.24) is 5.32 Å². The normalized spacial score (nSPS) is 33.6. The van der Waals surface area contributed by atoms with Gasteiger partial charge in [0.15, 0.2) is 0 Å². The molecule has 1 amide bonds. The number of hydrogen-bond acceptors (Lipinski definition) is 1. The molecule has 0 bridgehead atoms. The predicted octanol–water partition coefficient (Wildman–Crippen LogP) is 4.90. The molecule has 0 aromatic carbocycles. The number of carbonyl (C=O) groups excluding carboxylic acids is 1. The molecule has 0 radical (unpaired) electrons. The van der Waals surface area contributed by atoms with E-state index in [1.165, 1.54) is 51.4 Å². The summed E-state index contributed by atoms with van der Waals surface area (Å²) in [7, 11) is 0. The molecule has 2 nitrogen and oxygen atoms in total. The van der Waals surface area contributed by atoms with Gasteiger partial charge in [-0.3, -0.25) is 4.79 Å². The number of amides is 1. The Balaban J connectivity index is 1.65. The molecule has 0 heterocycles. The largest absolute Gasteiger partial charge is 0.356 e. The summed E-state index contributed by atoms with van der Waals surface area (Å²) in [6.45, 7) is 3.05. The Bertz CT molecular complexity index is 312. The first-order chi connectivity index (χ1) is 10.2.